The predicted octanol–water partition coefficient (Wildman–Crippen LogP) is -9.58. The molecular weight excluding hydrogens is 957 g/mol. The first-order chi connectivity index (χ1) is 33.8. The van der Waals surface area contributed by atoms with Crippen molar-refractivity contribution >= 4 is 77.0 Å². The Kier molecular flexibility index (Phi) is 31.0. The molecule has 0 unspecified atom stereocenters. The van der Waals surface area contributed by atoms with Gasteiger partial charge in [-0.3, -0.25) is 58.1 Å². The summed E-state index contributed by atoms with van der Waals surface area (Å²) < 4.78 is 0. The minimum atomic E-state index is -1.88. The summed E-state index contributed by atoms with van der Waals surface area (Å²) in [4.78, 5) is 141. The van der Waals surface area contributed by atoms with Crippen molar-refractivity contribution in [1.29, 1.82) is 0 Å². The summed E-state index contributed by atoms with van der Waals surface area (Å²) in [5.41, 5.74) is 37.6. The van der Waals surface area contributed by atoms with Crippen LogP contribution in [0, 0.1) is 5.92 Å². The molecule has 408 valence electrons. The smallest absolute Gasteiger partial charge is 0.326 e. The van der Waals surface area contributed by atoms with Gasteiger partial charge in [0.1, 0.15) is 48.3 Å². The summed E-state index contributed by atoms with van der Waals surface area (Å²) in [7, 11) is 0. The molecule has 9 amide bonds. The third-order valence-corrected chi connectivity index (χ3v) is 9.88. The van der Waals surface area contributed by atoms with Gasteiger partial charge in [-0.05, 0) is 57.3 Å². The van der Waals surface area contributed by atoms with E-state index in [4.69, 9.17) is 40.1 Å². The summed E-state index contributed by atoms with van der Waals surface area (Å²) >= 11 is 0. The van der Waals surface area contributed by atoms with Crippen molar-refractivity contribution in [2.75, 3.05) is 39.5 Å². The van der Waals surface area contributed by atoms with Gasteiger partial charge in [0, 0.05) is 33.0 Å². The second-order valence-corrected chi connectivity index (χ2v) is 16.5. The topological polar surface area (TPSA) is 567 Å². The van der Waals surface area contributed by atoms with Crippen LogP contribution >= 0.6 is 0 Å². The van der Waals surface area contributed by atoms with Crippen molar-refractivity contribution in [2.45, 2.75) is 127 Å². The summed E-state index contributed by atoms with van der Waals surface area (Å²) in [6.07, 6.45) is -1.06. The van der Waals surface area contributed by atoms with Gasteiger partial charge in [0.15, 0.2) is 17.9 Å². The molecule has 0 saturated heterocycles. The number of carbonyl (C=O) groups excluding carboxylic acids is 9. The zero-order valence-electron chi connectivity index (χ0n) is 40.6. The second-order valence-electron chi connectivity index (χ2n) is 16.5. The monoisotopic (exact) mass is 1030 g/mol. The number of aliphatic imine (C=N–C) groups is 3. The molecule has 8 atom stereocenters. The molecule has 0 radical (unpaired) electrons. The normalized spacial score (nSPS) is 14.1. The highest BCUT2D eigenvalue weighted by Crippen LogP contribution is 2.09. The Morgan fingerprint density at radius 2 is 0.681 bits per heavy atom. The van der Waals surface area contributed by atoms with Gasteiger partial charge in [-0.15, -0.1) is 0 Å². The number of rotatable bonds is 36. The van der Waals surface area contributed by atoms with Gasteiger partial charge in [0.2, 0.25) is 53.2 Å². The van der Waals surface area contributed by atoms with Crippen LogP contribution in [0.5, 0.6) is 0 Å². The summed E-state index contributed by atoms with van der Waals surface area (Å²) in [6.45, 7) is 1.32. The number of amides is 9. The molecule has 0 heterocycles. The molecule has 0 rings (SSSR count). The molecule has 26 N–H and O–H groups in total. The first kappa shape index (κ1) is 64.4. The van der Waals surface area contributed by atoms with Crippen molar-refractivity contribution in [2.24, 2.45) is 61.0 Å². The maximum Gasteiger partial charge on any atom is 0.326 e. The van der Waals surface area contributed by atoms with E-state index in [1.165, 1.54) is 0 Å². The van der Waals surface area contributed by atoms with Gasteiger partial charge >= 0.3 is 5.97 Å². The van der Waals surface area contributed by atoms with Crippen LogP contribution in [0.4, 0.5) is 0 Å². The van der Waals surface area contributed by atoms with E-state index in [1.54, 1.807) is 13.8 Å². The van der Waals surface area contributed by atoms with Crippen LogP contribution in [0.1, 0.15) is 78.6 Å². The van der Waals surface area contributed by atoms with Crippen LogP contribution in [-0.2, 0) is 47.9 Å². The number of nitrogens with two attached hydrogens (primary N) is 7. The van der Waals surface area contributed by atoms with Crippen LogP contribution < -0.4 is 82.7 Å². The Hall–Kier alpha value is -7.61. The number of nitrogens with zero attached hydrogens (tertiary/aromatic N) is 3. The molecule has 72 heavy (non-hydrogen) atoms. The first-order valence-electron chi connectivity index (χ1n) is 22.7. The van der Waals surface area contributed by atoms with Crippen LogP contribution in [-0.4, -0.2) is 185 Å². The quantitative estimate of drug-likeness (QED) is 0.0157. The number of nitrogens with one attached hydrogen (secondary N) is 8. The van der Waals surface area contributed by atoms with Crippen molar-refractivity contribution in [3.05, 3.63) is 0 Å². The number of aliphatic carboxylic acids is 1. The molecule has 0 aliphatic carbocycles. The number of carboxylic acid groups (broad SMARTS) is 1. The fourth-order valence-corrected chi connectivity index (χ4v) is 6.30. The molecule has 0 fully saturated rings. The average Bonchev–Trinajstić information content (AvgIpc) is 3.29. The minimum absolute atomic E-state index is 0.00602. The fraction of sp³-hybridized carbons (Fsp3) is 0.675. The molecule has 32 nitrogen and oxygen atoms in total. The number of hydrogen-bond acceptors (Lipinski definition) is 16. The average molecular weight is 1030 g/mol. The van der Waals surface area contributed by atoms with Gasteiger partial charge < -0.3 is 103 Å². The number of hydrogen-bond donors (Lipinski definition) is 19. The van der Waals surface area contributed by atoms with Crippen LogP contribution in [0.2, 0.25) is 0 Å². The fourth-order valence-electron chi connectivity index (χ4n) is 6.30. The number of primary amides is 1. The summed E-state index contributed by atoms with van der Waals surface area (Å²) in [6, 6.07) is -12.7. The molecule has 0 spiro atoms. The Labute approximate surface area is 414 Å². The number of carbonyl (C=O) groups is 10. The van der Waals surface area contributed by atoms with Crippen molar-refractivity contribution in [3.8, 4) is 0 Å². The van der Waals surface area contributed by atoms with Crippen LogP contribution in [0.15, 0.2) is 15.0 Å². The van der Waals surface area contributed by atoms with E-state index in [0.29, 0.717) is 0 Å². The first-order valence-corrected chi connectivity index (χ1v) is 22.7. The Bertz CT molecular complexity index is 1920. The molecule has 0 aliphatic rings. The number of carboxylic acids is 1. The number of aliphatic hydroxyl groups is 3. The molecule has 0 saturated carbocycles. The van der Waals surface area contributed by atoms with Gasteiger partial charge in [0.25, 0.3) is 0 Å². The lowest BCUT2D eigenvalue weighted by molar-refractivity contribution is -0.143. The summed E-state index contributed by atoms with van der Waals surface area (Å²) in [5, 5.41) is 58.1. The van der Waals surface area contributed by atoms with E-state index in [0.717, 1.165) is 6.92 Å². The van der Waals surface area contributed by atoms with Gasteiger partial charge in [-0.2, -0.15) is 0 Å². The SMILES string of the molecule is CC(=O)N[C@@H](CCCN=C(N)N)C(=O)N[C@@H](CCCN=C(N)N)C(=O)N[C@@H](CCC(N)=O)C(=O)N[C@@H](CO)C(=O)N[C@@H](CCCN=C(N)N)C(=O)N[C@@H](CO)C(=O)N[C@@H](CO)C(=O)N[C@@H](CC(C)C)C(=O)O. The molecule has 0 aromatic heterocycles. The molecule has 32 heteroatoms. The Balaban J connectivity index is 6.55. The van der Waals surface area contributed by atoms with E-state index in [2.05, 4.69) is 57.5 Å². The highest BCUT2D eigenvalue weighted by molar-refractivity contribution is 5.98. The maximum absolute atomic E-state index is 13.9. The second kappa shape index (κ2) is 34.6. The standard InChI is InChI=1S/C40H74N18O14/c1-19(2)15-25(37(71)72)55-35(69)27(17-60)58-36(70)28(18-61)56-32(66)23(9-6-14-50-40(46)47)53-34(68)26(16-59)57-33(67)24(10-11-29(41)63)54-31(65)22(8-5-13-49-39(44)45)52-30(64)21(51-20(3)62)7-4-12-48-38(42)43/h19,21-28,59-61H,4-18H2,1-3H3,(H2,41,63)(H,51,62)(H,52,64)(H,53,68)(H,54,65)(H,55,69)(H,56,66)(H,57,67)(H,58,70)(H,71,72)(H4,42,43,48)(H4,44,45,49)(H4,46,47,50)/t21-,22-,23-,24-,25-,26-,27-,28-/m0/s1. The van der Waals surface area contributed by atoms with E-state index < -0.39 is 140 Å². The van der Waals surface area contributed by atoms with Gasteiger partial charge in [-0.25, -0.2) is 4.79 Å². The molecular formula is C40H74N18O14. The zero-order valence-corrected chi connectivity index (χ0v) is 40.6. The Morgan fingerprint density at radius 1 is 0.417 bits per heavy atom. The van der Waals surface area contributed by atoms with Crippen molar-refractivity contribution in [1.82, 2.24) is 42.5 Å². The zero-order chi connectivity index (χ0) is 55.1. The third kappa shape index (κ3) is 27.5. The number of aliphatic hydroxyl groups excluding tert-OH is 3. The minimum Gasteiger partial charge on any atom is -0.480 e. The molecule has 0 aromatic rings. The Morgan fingerprint density at radius 3 is 0.931 bits per heavy atom. The van der Waals surface area contributed by atoms with Crippen molar-refractivity contribution < 1.29 is 68.4 Å². The lowest BCUT2D eigenvalue weighted by Gasteiger charge is -2.27. The summed E-state index contributed by atoms with van der Waals surface area (Å²) in [5.74, 6) is -11.4. The van der Waals surface area contributed by atoms with E-state index in [-0.39, 0.29) is 88.4 Å². The third-order valence-electron chi connectivity index (χ3n) is 9.88. The number of guanidine groups is 3. The highest BCUT2D eigenvalue weighted by atomic mass is 16.4. The van der Waals surface area contributed by atoms with Crippen LogP contribution in [0.25, 0.3) is 0 Å². The van der Waals surface area contributed by atoms with E-state index in [9.17, 15) is 68.4 Å². The van der Waals surface area contributed by atoms with E-state index in [1.807, 2.05) is 0 Å². The van der Waals surface area contributed by atoms with Gasteiger partial charge in [-0.1, -0.05) is 13.8 Å². The molecule has 0 bridgehead atoms. The molecule has 0 aromatic carbocycles. The van der Waals surface area contributed by atoms with Crippen LogP contribution in [0.3, 0.4) is 0 Å². The van der Waals surface area contributed by atoms with Gasteiger partial charge in [0.05, 0.1) is 19.8 Å². The predicted molar refractivity (Wildman–Crippen MR) is 258 cm³/mol. The highest BCUT2D eigenvalue weighted by Gasteiger charge is 2.34. The molecule has 0 aliphatic heterocycles. The largest absolute Gasteiger partial charge is 0.480 e. The maximum atomic E-state index is 13.9. The van der Waals surface area contributed by atoms with E-state index >= 15 is 0 Å². The lowest BCUT2D eigenvalue weighted by atomic mass is 10.0. The van der Waals surface area contributed by atoms with Crippen molar-refractivity contribution in [3.63, 3.8) is 0 Å². The lowest BCUT2D eigenvalue weighted by Crippen LogP contribution is -2.61.